The van der Waals surface area contributed by atoms with Crippen molar-refractivity contribution < 1.29 is 14.8 Å². The Morgan fingerprint density at radius 3 is 2.68 bits per heavy atom. The molecule has 1 N–H and O–H groups in total. The molecule has 1 aromatic carbocycles. The van der Waals surface area contributed by atoms with Crippen LogP contribution in [-0.2, 0) is 0 Å². The van der Waals surface area contributed by atoms with E-state index >= 15 is 0 Å². The maximum Gasteiger partial charge on any atom is 0.338 e. The lowest BCUT2D eigenvalue weighted by Crippen LogP contribution is -2.28. The first-order valence-electron chi connectivity index (χ1n) is 5.62. The first-order valence-corrected chi connectivity index (χ1v) is 5.99. The number of hydrogen-bond acceptors (Lipinski definition) is 4. The van der Waals surface area contributed by atoms with Crippen molar-refractivity contribution in [1.82, 2.24) is 0 Å². The number of anilines is 1. The molecule has 0 atom stereocenters. The zero-order chi connectivity index (χ0) is 14.0. The lowest BCUT2D eigenvalue weighted by molar-refractivity contribution is -0.384. The van der Waals surface area contributed by atoms with Gasteiger partial charge in [0.25, 0.3) is 5.69 Å². The molecule has 0 radical (unpaired) electrons. The van der Waals surface area contributed by atoms with E-state index in [-0.39, 0.29) is 16.3 Å². The Bertz CT molecular complexity index is 571. The van der Waals surface area contributed by atoms with Gasteiger partial charge in [-0.25, -0.2) is 4.79 Å². The van der Waals surface area contributed by atoms with Crippen LogP contribution < -0.4 is 4.90 Å². The molecule has 1 aliphatic heterocycles. The molecule has 0 aliphatic carbocycles. The van der Waals surface area contributed by atoms with E-state index < -0.39 is 10.9 Å². The summed E-state index contributed by atoms with van der Waals surface area (Å²) in [6.07, 6.45) is 4.69. The number of nitro benzene ring substituents is 1. The Hall–Kier alpha value is -2.08. The van der Waals surface area contributed by atoms with Gasteiger partial charge >= 0.3 is 5.97 Å². The number of non-ortho nitro benzene ring substituents is 1. The molecule has 0 spiro atoms. The monoisotopic (exact) mass is 282 g/mol. The number of benzene rings is 1. The number of nitro groups is 1. The van der Waals surface area contributed by atoms with E-state index in [4.69, 9.17) is 11.6 Å². The van der Waals surface area contributed by atoms with E-state index in [9.17, 15) is 20.0 Å². The number of aromatic carboxylic acids is 1. The van der Waals surface area contributed by atoms with Gasteiger partial charge in [0, 0.05) is 25.2 Å². The van der Waals surface area contributed by atoms with Gasteiger partial charge in [0.05, 0.1) is 21.2 Å². The van der Waals surface area contributed by atoms with Crippen LogP contribution >= 0.6 is 11.6 Å². The van der Waals surface area contributed by atoms with Crippen molar-refractivity contribution >= 4 is 28.9 Å². The first-order chi connectivity index (χ1) is 9.00. The molecule has 0 saturated heterocycles. The molecule has 0 bridgehead atoms. The summed E-state index contributed by atoms with van der Waals surface area (Å²) >= 11 is 6.02. The number of carboxylic acid groups (broad SMARTS) is 1. The van der Waals surface area contributed by atoms with Crippen LogP contribution in [0.2, 0.25) is 5.02 Å². The van der Waals surface area contributed by atoms with E-state index in [0.29, 0.717) is 18.8 Å². The van der Waals surface area contributed by atoms with Crippen LogP contribution in [0.1, 0.15) is 16.8 Å². The molecule has 0 fully saturated rings. The summed E-state index contributed by atoms with van der Waals surface area (Å²) in [4.78, 5) is 23.2. The van der Waals surface area contributed by atoms with E-state index in [1.807, 2.05) is 12.2 Å². The van der Waals surface area contributed by atoms with Crippen LogP contribution in [0.5, 0.6) is 0 Å². The van der Waals surface area contributed by atoms with Gasteiger partial charge in [0.2, 0.25) is 0 Å². The quantitative estimate of drug-likeness (QED) is 0.523. The normalized spacial score (nSPS) is 14.5. The topological polar surface area (TPSA) is 83.7 Å². The van der Waals surface area contributed by atoms with Crippen molar-refractivity contribution in [2.24, 2.45) is 0 Å². The highest BCUT2D eigenvalue weighted by Crippen LogP contribution is 2.35. The fourth-order valence-electron chi connectivity index (χ4n) is 2.02. The molecule has 6 nitrogen and oxygen atoms in total. The minimum atomic E-state index is -1.23. The third kappa shape index (κ3) is 2.68. The van der Waals surface area contributed by atoms with E-state index in [1.165, 1.54) is 6.07 Å². The Morgan fingerprint density at radius 2 is 2.16 bits per heavy atom. The fraction of sp³-hybridized carbons (Fsp3) is 0.250. The van der Waals surface area contributed by atoms with Gasteiger partial charge in [-0.3, -0.25) is 10.1 Å². The minimum absolute atomic E-state index is 0.0851. The zero-order valence-corrected chi connectivity index (χ0v) is 10.6. The summed E-state index contributed by atoms with van der Waals surface area (Å²) in [5.74, 6) is -1.23. The molecular formula is C12H11ClN2O4. The number of carboxylic acids is 1. The Kier molecular flexibility index (Phi) is 3.71. The molecule has 7 heteroatoms. The number of hydrogen-bond donors (Lipinski definition) is 1. The van der Waals surface area contributed by atoms with Crippen LogP contribution in [0, 0.1) is 10.1 Å². The average Bonchev–Trinajstić information content (AvgIpc) is 2.38. The number of halogens is 1. The lowest BCUT2D eigenvalue weighted by atomic mass is 10.1. The van der Waals surface area contributed by atoms with Crippen molar-refractivity contribution in [3.8, 4) is 0 Å². The Morgan fingerprint density at radius 1 is 1.42 bits per heavy atom. The van der Waals surface area contributed by atoms with Crippen molar-refractivity contribution in [3.05, 3.63) is 45.0 Å². The number of rotatable bonds is 3. The van der Waals surface area contributed by atoms with Crippen molar-refractivity contribution in [2.45, 2.75) is 6.42 Å². The largest absolute Gasteiger partial charge is 0.478 e. The molecule has 19 heavy (non-hydrogen) atoms. The predicted molar refractivity (Wildman–Crippen MR) is 71.0 cm³/mol. The van der Waals surface area contributed by atoms with Gasteiger partial charge < -0.3 is 10.0 Å². The molecule has 1 aromatic rings. The van der Waals surface area contributed by atoms with Crippen LogP contribution in [-0.4, -0.2) is 29.1 Å². The van der Waals surface area contributed by atoms with Gasteiger partial charge in [-0.15, -0.1) is 0 Å². The maximum absolute atomic E-state index is 11.3. The highest BCUT2D eigenvalue weighted by Gasteiger charge is 2.24. The van der Waals surface area contributed by atoms with E-state index in [2.05, 4.69) is 0 Å². The van der Waals surface area contributed by atoms with Crippen LogP contribution in [0.15, 0.2) is 24.3 Å². The summed E-state index contributed by atoms with van der Waals surface area (Å²) < 4.78 is 0. The number of carbonyl (C=O) groups is 1. The van der Waals surface area contributed by atoms with Crippen LogP contribution in [0.25, 0.3) is 0 Å². The molecule has 1 aliphatic rings. The zero-order valence-electron chi connectivity index (χ0n) is 9.88. The van der Waals surface area contributed by atoms with E-state index in [0.717, 1.165) is 12.5 Å². The van der Waals surface area contributed by atoms with Gasteiger partial charge in [-0.1, -0.05) is 23.8 Å². The summed E-state index contributed by atoms with van der Waals surface area (Å²) in [5, 5.41) is 20.0. The standard InChI is InChI=1S/C12H11ClN2O4/c13-10-7-8(15(18)19)6-9(12(16)17)11(10)14-4-2-1-3-5-14/h1-2,6-7H,3-5H2,(H,16,17). The molecule has 2 rings (SSSR count). The Labute approximate surface area is 114 Å². The highest BCUT2D eigenvalue weighted by molar-refractivity contribution is 6.34. The van der Waals surface area contributed by atoms with E-state index in [1.54, 1.807) is 4.90 Å². The summed E-state index contributed by atoms with van der Waals surface area (Å²) in [5.41, 5.74) is -0.127. The SMILES string of the molecule is O=C(O)c1cc([N+](=O)[O-])cc(Cl)c1N1CC=CCC1. The fourth-order valence-corrected chi connectivity index (χ4v) is 2.35. The second-order valence-corrected chi connectivity index (χ2v) is 4.50. The summed E-state index contributed by atoms with van der Waals surface area (Å²) in [6, 6.07) is 2.23. The summed E-state index contributed by atoms with van der Waals surface area (Å²) in [7, 11) is 0. The second kappa shape index (κ2) is 5.27. The maximum atomic E-state index is 11.3. The van der Waals surface area contributed by atoms with Crippen molar-refractivity contribution in [1.29, 1.82) is 0 Å². The minimum Gasteiger partial charge on any atom is -0.478 e. The van der Waals surface area contributed by atoms with Gasteiger partial charge in [-0.2, -0.15) is 0 Å². The molecule has 0 unspecified atom stereocenters. The highest BCUT2D eigenvalue weighted by atomic mass is 35.5. The molecule has 0 amide bonds. The van der Waals surface area contributed by atoms with Crippen molar-refractivity contribution in [3.63, 3.8) is 0 Å². The third-order valence-electron chi connectivity index (χ3n) is 2.86. The lowest BCUT2D eigenvalue weighted by Gasteiger charge is -2.27. The van der Waals surface area contributed by atoms with Crippen LogP contribution in [0.3, 0.4) is 0 Å². The molecule has 1 heterocycles. The Balaban J connectivity index is 2.55. The van der Waals surface area contributed by atoms with Crippen molar-refractivity contribution in [2.75, 3.05) is 18.0 Å². The van der Waals surface area contributed by atoms with Gasteiger partial charge in [-0.05, 0) is 6.42 Å². The average molecular weight is 283 g/mol. The smallest absolute Gasteiger partial charge is 0.338 e. The van der Waals surface area contributed by atoms with Crippen LogP contribution in [0.4, 0.5) is 11.4 Å². The molecule has 0 aromatic heterocycles. The predicted octanol–water partition coefficient (Wildman–Crippen LogP) is 2.71. The molecular weight excluding hydrogens is 272 g/mol. The van der Waals surface area contributed by atoms with Gasteiger partial charge in [0.15, 0.2) is 0 Å². The summed E-state index contributed by atoms with van der Waals surface area (Å²) in [6.45, 7) is 1.17. The first kappa shape index (κ1) is 13.4. The number of nitrogens with zero attached hydrogens (tertiary/aromatic N) is 2. The second-order valence-electron chi connectivity index (χ2n) is 4.09. The van der Waals surface area contributed by atoms with Gasteiger partial charge in [0.1, 0.15) is 0 Å². The molecule has 100 valence electrons. The molecule has 0 saturated carbocycles. The third-order valence-corrected chi connectivity index (χ3v) is 3.15.